The predicted molar refractivity (Wildman–Crippen MR) is 141 cm³/mol. The molecule has 1 atom stereocenters. The molecule has 11 heteroatoms. The number of aryl methyl sites for hydroxylation is 5. The molecular formula is C27H30N8O3. The molecule has 11 nitrogen and oxygen atoms in total. The van der Waals surface area contributed by atoms with Crippen LogP contribution in [0.15, 0.2) is 30.3 Å². The Kier molecular flexibility index (Phi) is 5.77. The van der Waals surface area contributed by atoms with E-state index in [0.717, 1.165) is 64.5 Å². The summed E-state index contributed by atoms with van der Waals surface area (Å²) in [6.45, 7) is 4.41. The van der Waals surface area contributed by atoms with Crippen LogP contribution in [0.4, 0.5) is 10.5 Å². The van der Waals surface area contributed by atoms with E-state index in [0.29, 0.717) is 12.2 Å². The Morgan fingerprint density at radius 1 is 1.11 bits per heavy atom. The molecule has 4 heterocycles. The zero-order chi connectivity index (χ0) is 26.6. The molecule has 1 saturated heterocycles. The smallest absolute Gasteiger partial charge is 0.414 e. The highest BCUT2D eigenvalue weighted by Gasteiger charge is 2.33. The topological polar surface area (TPSA) is 123 Å². The number of rotatable bonds is 5. The fourth-order valence-corrected chi connectivity index (χ4v) is 5.49. The van der Waals surface area contributed by atoms with E-state index in [1.165, 1.54) is 5.56 Å². The predicted octanol–water partition coefficient (Wildman–Crippen LogP) is 3.07. The molecule has 4 aromatic rings. The van der Waals surface area contributed by atoms with Crippen LogP contribution in [0, 0.1) is 13.8 Å². The quantitative estimate of drug-likeness (QED) is 0.422. The molecule has 196 valence electrons. The molecule has 3 aromatic heterocycles. The number of hydrogen-bond donors (Lipinski definition) is 2. The fourth-order valence-electron chi connectivity index (χ4n) is 5.49. The molecule has 38 heavy (non-hydrogen) atoms. The standard InChI is InChI=1S/C27H30N8O3/c1-15-10-22(33(3)31-15)25-21-7-5-6-17-12-18(8-9-20(17)24(21)29-30-25)35-14-19(38-27(35)37)13-28-26(36)23-11-16(2)32-34(23)4/h8-12,19H,5-7,13-14H2,1-4H3,(H,28,36)(H,29,30)/t19-/m0/s1. The molecule has 2 amide bonds. The van der Waals surface area contributed by atoms with Gasteiger partial charge in [0.15, 0.2) is 0 Å². The first-order chi connectivity index (χ1) is 18.3. The van der Waals surface area contributed by atoms with E-state index in [2.05, 4.69) is 32.7 Å². The lowest BCUT2D eigenvalue weighted by molar-refractivity contribution is 0.0907. The van der Waals surface area contributed by atoms with Gasteiger partial charge >= 0.3 is 6.09 Å². The monoisotopic (exact) mass is 514 g/mol. The van der Waals surface area contributed by atoms with Crippen molar-refractivity contribution >= 4 is 17.7 Å². The lowest BCUT2D eigenvalue weighted by atomic mass is 10.0. The molecule has 0 unspecified atom stereocenters. The number of cyclic esters (lactones) is 1. The van der Waals surface area contributed by atoms with Gasteiger partial charge in [-0.3, -0.25) is 24.2 Å². The molecule has 1 aliphatic heterocycles. The van der Waals surface area contributed by atoms with Gasteiger partial charge in [0.2, 0.25) is 0 Å². The van der Waals surface area contributed by atoms with Crippen molar-refractivity contribution < 1.29 is 14.3 Å². The first-order valence-corrected chi connectivity index (χ1v) is 12.8. The highest BCUT2D eigenvalue weighted by molar-refractivity contribution is 5.93. The number of aromatic amines is 1. The van der Waals surface area contributed by atoms with Crippen molar-refractivity contribution in [3.8, 4) is 22.6 Å². The summed E-state index contributed by atoms with van der Waals surface area (Å²) in [5.41, 5.74) is 9.38. The molecule has 2 N–H and O–H groups in total. The lowest BCUT2D eigenvalue weighted by Gasteiger charge is -2.16. The third-order valence-electron chi connectivity index (χ3n) is 7.25. The van der Waals surface area contributed by atoms with Crippen molar-refractivity contribution in [3.63, 3.8) is 0 Å². The number of amides is 2. The van der Waals surface area contributed by atoms with Crippen LogP contribution in [-0.4, -0.2) is 61.0 Å². The van der Waals surface area contributed by atoms with Crippen molar-refractivity contribution in [1.82, 2.24) is 35.1 Å². The van der Waals surface area contributed by atoms with Gasteiger partial charge in [0.05, 0.1) is 41.6 Å². The number of H-pyrrole nitrogens is 1. The Labute approximate surface area is 219 Å². The second kappa shape index (κ2) is 9.16. The number of carbonyl (C=O) groups is 2. The number of ether oxygens (including phenoxy) is 1. The number of nitrogens with one attached hydrogen (secondary N) is 2. The van der Waals surface area contributed by atoms with E-state index >= 15 is 0 Å². The molecule has 2 aliphatic rings. The average Bonchev–Trinajstić information content (AvgIpc) is 3.61. The number of carbonyl (C=O) groups excluding carboxylic acids is 2. The fraction of sp³-hybridized carbons (Fsp3) is 0.370. The van der Waals surface area contributed by atoms with Gasteiger partial charge in [0.25, 0.3) is 5.91 Å². The second-order valence-electron chi connectivity index (χ2n) is 10.0. The average molecular weight is 515 g/mol. The Bertz CT molecular complexity index is 1560. The molecule has 6 rings (SSSR count). The van der Waals surface area contributed by atoms with Gasteiger partial charge in [0, 0.05) is 30.9 Å². The summed E-state index contributed by atoms with van der Waals surface area (Å²) in [5, 5.41) is 19.5. The Morgan fingerprint density at radius 3 is 2.63 bits per heavy atom. The number of fused-ring (bicyclic) bond motifs is 3. The van der Waals surface area contributed by atoms with Crippen molar-refractivity contribution in [2.45, 2.75) is 39.2 Å². The van der Waals surface area contributed by atoms with Gasteiger partial charge in [-0.05, 0) is 62.9 Å². The molecular weight excluding hydrogens is 484 g/mol. The van der Waals surface area contributed by atoms with Crippen LogP contribution in [0.3, 0.4) is 0 Å². The molecule has 1 aliphatic carbocycles. The number of anilines is 1. The third kappa shape index (κ3) is 4.13. The molecule has 1 fully saturated rings. The summed E-state index contributed by atoms with van der Waals surface area (Å²) in [6.07, 6.45) is 1.90. The zero-order valence-corrected chi connectivity index (χ0v) is 21.9. The van der Waals surface area contributed by atoms with Gasteiger partial charge in [-0.25, -0.2) is 4.79 Å². The summed E-state index contributed by atoms with van der Waals surface area (Å²) in [5.74, 6) is -0.247. The summed E-state index contributed by atoms with van der Waals surface area (Å²) < 4.78 is 8.99. The van der Waals surface area contributed by atoms with Crippen molar-refractivity contribution in [1.29, 1.82) is 0 Å². The molecule has 0 bridgehead atoms. The van der Waals surface area contributed by atoms with Crippen LogP contribution in [0.2, 0.25) is 0 Å². The van der Waals surface area contributed by atoms with Gasteiger partial charge in [-0.2, -0.15) is 15.3 Å². The van der Waals surface area contributed by atoms with Crippen LogP contribution in [0.1, 0.15) is 39.4 Å². The Balaban J connectivity index is 1.20. The Morgan fingerprint density at radius 2 is 1.89 bits per heavy atom. The third-order valence-corrected chi connectivity index (χ3v) is 7.25. The summed E-state index contributed by atoms with van der Waals surface area (Å²) in [4.78, 5) is 26.9. The van der Waals surface area contributed by atoms with Gasteiger partial charge < -0.3 is 10.1 Å². The van der Waals surface area contributed by atoms with Crippen LogP contribution >= 0.6 is 0 Å². The van der Waals surface area contributed by atoms with Crippen molar-refractivity contribution in [2.24, 2.45) is 14.1 Å². The van der Waals surface area contributed by atoms with E-state index in [1.54, 1.807) is 22.7 Å². The maximum absolute atomic E-state index is 12.7. The zero-order valence-electron chi connectivity index (χ0n) is 21.9. The van der Waals surface area contributed by atoms with Gasteiger partial charge in [0.1, 0.15) is 11.8 Å². The van der Waals surface area contributed by atoms with E-state index in [-0.39, 0.29) is 12.5 Å². The first kappa shape index (κ1) is 24.0. The minimum absolute atomic E-state index is 0.225. The highest BCUT2D eigenvalue weighted by Crippen LogP contribution is 2.38. The maximum atomic E-state index is 12.7. The number of benzene rings is 1. The minimum Gasteiger partial charge on any atom is -0.442 e. The number of aromatic nitrogens is 6. The largest absolute Gasteiger partial charge is 0.442 e. The molecule has 0 spiro atoms. The van der Waals surface area contributed by atoms with E-state index in [1.807, 2.05) is 37.7 Å². The summed E-state index contributed by atoms with van der Waals surface area (Å²) in [6, 6.07) is 9.84. The number of nitrogens with zero attached hydrogens (tertiary/aromatic N) is 6. The van der Waals surface area contributed by atoms with E-state index in [4.69, 9.17) is 9.84 Å². The van der Waals surface area contributed by atoms with Crippen molar-refractivity contribution in [3.05, 3.63) is 58.5 Å². The first-order valence-electron chi connectivity index (χ1n) is 12.8. The minimum atomic E-state index is -0.442. The highest BCUT2D eigenvalue weighted by atomic mass is 16.6. The summed E-state index contributed by atoms with van der Waals surface area (Å²) in [7, 11) is 3.67. The van der Waals surface area contributed by atoms with Crippen LogP contribution in [0.25, 0.3) is 22.6 Å². The SMILES string of the molecule is Cc1cc(C(=O)NC[C@H]2CN(c3ccc4c(c3)CCCc3c-4n[nH]c3-c3cc(C)nn3C)C(=O)O2)n(C)n1. The lowest BCUT2D eigenvalue weighted by Crippen LogP contribution is -2.35. The van der Waals surface area contributed by atoms with Gasteiger partial charge in [-0.1, -0.05) is 6.07 Å². The van der Waals surface area contributed by atoms with E-state index < -0.39 is 12.2 Å². The molecule has 0 radical (unpaired) electrons. The van der Waals surface area contributed by atoms with Gasteiger partial charge in [-0.15, -0.1) is 0 Å². The summed E-state index contributed by atoms with van der Waals surface area (Å²) >= 11 is 0. The second-order valence-corrected chi connectivity index (χ2v) is 10.0. The van der Waals surface area contributed by atoms with Crippen LogP contribution in [-0.2, 0) is 31.7 Å². The number of hydrogen-bond acceptors (Lipinski definition) is 6. The van der Waals surface area contributed by atoms with E-state index in [9.17, 15) is 9.59 Å². The maximum Gasteiger partial charge on any atom is 0.414 e. The van der Waals surface area contributed by atoms with Crippen LogP contribution in [0.5, 0.6) is 0 Å². The normalized spacial score (nSPS) is 16.7. The van der Waals surface area contributed by atoms with Crippen molar-refractivity contribution in [2.75, 3.05) is 18.0 Å². The Hall–Kier alpha value is -4.41. The van der Waals surface area contributed by atoms with Crippen LogP contribution < -0.4 is 10.2 Å². The molecule has 0 saturated carbocycles. The molecule has 1 aromatic carbocycles.